The first-order valence-corrected chi connectivity index (χ1v) is 11.9. The third-order valence-corrected chi connectivity index (χ3v) is 6.86. The summed E-state index contributed by atoms with van der Waals surface area (Å²) in [6.45, 7) is 6.65. The van der Waals surface area contributed by atoms with E-state index in [0.717, 1.165) is 11.3 Å². The minimum atomic E-state index is -2.84. The number of fused-ring (bicyclic) bond motifs is 1. The van der Waals surface area contributed by atoms with Crippen molar-refractivity contribution in [3.8, 4) is 11.1 Å². The summed E-state index contributed by atoms with van der Waals surface area (Å²) in [6, 6.07) is 1.26. The number of thiophene rings is 1. The molecule has 0 atom stereocenters. The summed E-state index contributed by atoms with van der Waals surface area (Å²) < 4.78 is 31.1. The van der Waals surface area contributed by atoms with Gasteiger partial charge in [0, 0.05) is 36.4 Å². The third kappa shape index (κ3) is 4.20. The van der Waals surface area contributed by atoms with Crippen LogP contribution in [0.1, 0.15) is 51.8 Å². The Hall–Kier alpha value is -3.19. The first-order valence-electron chi connectivity index (χ1n) is 10.3. The summed E-state index contributed by atoms with van der Waals surface area (Å²) in [7, 11) is 0. The van der Waals surface area contributed by atoms with Crippen molar-refractivity contribution >= 4 is 55.0 Å². The lowest BCUT2D eigenvalue weighted by molar-refractivity contribution is 0.100. The molecule has 2 amide bonds. The fourth-order valence-corrected chi connectivity index (χ4v) is 5.07. The monoisotopic (exact) mass is 551 g/mol. The van der Waals surface area contributed by atoms with Gasteiger partial charge in [-0.1, -0.05) is 0 Å². The van der Waals surface area contributed by atoms with Gasteiger partial charge < -0.3 is 11.1 Å². The summed E-state index contributed by atoms with van der Waals surface area (Å²) in [5.41, 5.74) is 6.89. The molecule has 178 valence electrons. The van der Waals surface area contributed by atoms with Gasteiger partial charge in [-0.05, 0) is 48.3 Å². The fraction of sp³-hybridized carbons (Fsp3) is 0.286. The normalized spacial score (nSPS) is 11.5. The van der Waals surface area contributed by atoms with Crippen molar-refractivity contribution in [1.29, 1.82) is 0 Å². The van der Waals surface area contributed by atoms with E-state index >= 15 is 0 Å². The Morgan fingerprint density at radius 1 is 1.18 bits per heavy atom. The number of anilines is 1. The highest BCUT2D eigenvalue weighted by molar-refractivity contribution is 9.10. The molecule has 0 aliphatic carbocycles. The topological polar surface area (TPSA) is 121 Å². The molecular formula is C21H20BrF2N7O2S. The maximum Gasteiger partial charge on any atom is 0.280 e. The molecule has 0 saturated heterocycles. The van der Waals surface area contributed by atoms with Gasteiger partial charge >= 0.3 is 0 Å². The second kappa shape index (κ2) is 9.22. The lowest BCUT2D eigenvalue weighted by Crippen LogP contribution is -2.17. The second-order valence-electron chi connectivity index (χ2n) is 7.37. The van der Waals surface area contributed by atoms with Crippen LogP contribution in [0.25, 0.3) is 21.3 Å². The van der Waals surface area contributed by atoms with Crippen LogP contribution in [0.5, 0.6) is 0 Å². The molecule has 4 aromatic rings. The van der Waals surface area contributed by atoms with Crippen LogP contribution >= 0.6 is 27.3 Å². The molecule has 13 heteroatoms. The maximum absolute atomic E-state index is 13.7. The number of nitrogens with two attached hydrogens (primary N) is 1. The number of hydrogen-bond donors (Lipinski definition) is 2. The Bertz CT molecular complexity index is 1430. The zero-order valence-corrected chi connectivity index (χ0v) is 20.8. The molecule has 0 radical (unpaired) electrons. The summed E-state index contributed by atoms with van der Waals surface area (Å²) >= 11 is 4.16. The number of primary amides is 1. The minimum absolute atomic E-state index is 0.00454. The van der Waals surface area contributed by atoms with Crippen LogP contribution in [0.4, 0.5) is 14.5 Å². The largest absolute Gasteiger partial charge is 0.365 e. The van der Waals surface area contributed by atoms with Crippen molar-refractivity contribution in [2.45, 2.75) is 40.3 Å². The number of rotatable bonds is 7. The van der Waals surface area contributed by atoms with Crippen LogP contribution in [0, 0.1) is 6.92 Å². The molecule has 0 spiro atoms. The molecule has 4 heterocycles. The van der Waals surface area contributed by atoms with E-state index in [2.05, 4.69) is 36.4 Å². The number of nitrogens with zero attached hydrogens (tertiary/aromatic N) is 5. The van der Waals surface area contributed by atoms with Crippen molar-refractivity contribution in [2.75, 3.05) is 5.32 Å². The molecule has 4 rings (SSSR count). The molecule has 0 aromatic carbocycles. The van der Waals surface area contributed by atoms with Crippen molar-refractivity contribution in [3.05, 3.63) is 44.9 Å². The average Bonchev–Trinajstić information content (AvgIpc) is 3.47. The van der Waals surface area contributed by atoms with E-state index in [1.54, 1.807) is 28.7 Å². The van der Waals surface area contributed by atoms with Gasteiger partial charge in [0.25, 0.3) is 18.2 Å². The predicted octanol–water partition coefficient (Wildman–Crippen LogP) is 4.76. The molecule has 0 bridgehead atoms. The standard InChI is InChI=1S/C21H20BrF2N7O2S/c1-4-30-7-11(9(3)28-30)10-6-13(18(23)24)26-21-14(10)16(17(34-21)19(25)32)27-20(33)15-12(22)8-31(5-2)29-15/h6-8,18H,4-5H2,1-3H3,(H2,25,32)(H,27,33). The summed E-state index contributed by atoms with van der Waals surface area (Å²) in [6.07, 6.45) is 0.544. The molecule has 0 saturated carbocycles. The number of halogens is 3. The molecule has 0 aliphatic heterocycles. The highest BCUT2D eigenvalue weighted by Gasteiger charge is 2.27. The number of nitrogens with one attached hydrogen (secondary N) is 1. The summed E-state index contributed by atoms with van der Waals surface area (Å²) in [5, 5.41) is 11.7. The maximum atomic E-state index is 13.7. The zero-order chi connectivity index (χ0) is 24.7. The summed E-state index contributed by atoms with van der Waals surface area (Å²) in [4.78, 5) is 29.6. The summed E-state index contributed by atoms with van der Waals surface area (Å²) in [5.74, 6) is -1.41. The lowest BCUT2D eigenvalue weighted by Gasteiger charge is -2.10. The SMILES string of the molecule is CCn1cc(-c2cc(C(F)F)nc3sc(C(N)=O)c(NC(=O)c4nn(CC)cc4Br)c23)c(C)n1. The van der Waals surface area contributed by atoms with Gasteiger partial charge in [0.15, 0.2) is 5.69 Å². The highest BCUT2D eigenvalue weighted by atomic mass is 79.9. The molecule has 3 N–H and O–H groups in total. The zero-order valence-electron chi connectivity index (χ0n) is 18.4. The Kier molecular flexibility index (Phi) is 6.49. The Balaban J connectivity index is 1.97. The highest BCUT2D eigenvalue weighted by Crippen LogP contribution is 2.43. The number of aromatic nitrogens is 5. The van der Waals surface area contributed by atoms with Gasteiger partial charge in [0.05, 0.1) is 15.9 Å². The second-order valence-corrected chi connectivity index (χ2v) is 9.22. The van der Waals surface area contributed by atoms with Gasteiger partial charge in [-0.3, -0.25) is 19.0 Å². The average molecular weight is 552 g/mol. The van der Waals surface area contributed by atoms with Gasteiger partial charge in [0.2, 0.25) is 0 Å². The van der Waals surface area contributed by atoms with Crippen molar-refractivity contribution < 1.29 is 18.4 Å². The Labute approximate surface area is 205 Å². The van der Waals surface area contributed by atoms with Crippen LogP contribution < -0.4 is 11.1 Å². The quantitative estimate of drug-likeness (QED) is 0.343. The van der Waals surface area contributed by atoms with E-state index in [4.69, 9.17) is 5.73 Å². The van der Waals surface area contributed by atoms with Crippen molar-refractivity contribution in [3.63, 3.8) is 0 Å². The van der Waals surface area contributed by atoms with E-state index in [1.807, 2.05) is 13.8 Å². The van der Waals surface area contributed by atoms with Gasteiger partial charge in [-0.25, -0.2) is 13.8 Å². The van der Waals surface area contributed by atoms with E-state index in [1.165, 1.54) is 6.07 Å². The molecule has 0 fully saturated rings. The number of hydrogen-bond acceptors (Lipinski definition) is 6. The van der Waals surface area contributed by atoms with Crippen LogP contribution in [-0.2, 0) is 13.1 Å². The van der Waals surface area contributed by atoms with Gasteiger partial charge in [-0.2, -0.15) is 10.2 Å². The van der Waals surface area contributed by atoms with E-state index < -0.39 is 23.9 Å². The third-order valence-electron chi connectivity index (χ3n) is 5.18. The van der Waals surface area contributed by atoms with Crippen LogP contribution in [0.3, 0.4) is 0 Å². The smallest absolute Gasteiger partial charge is 0.280 e. The lowest BCUT2D eigenvalue weighted by atomic mass is 10.0. The molecular weight excluding hydrogens is 532 g/mol. The molecule has 9 nitrogen and oxygen atoms in total. The molecule has 34 heavy (non-hydrogen) atoms. The van der Waals surface area contributed by atoms with Crippen molar-refractivity contribution in [1.82, 2.24) is 24.5 Å². The van der Waals surface area contributed by atoms with E-state index in [0.29, 0.717) is 39.8 Å². The van der Waals surface area contributed by atoms with Gasteiger partial charge in [0.1, 0.15) is 15.4 Å². The Morgan fingerprint density at radius 3 is 2.41 bits per heavy atom. The number of carbonyl (C=O) groups excluding carboxylic acids is 2. The fourth-order valence-electron chi connectivity index (χ4n) is 3.56. The number of alkyl halides is 2. The number of pyridine rings is 1. The first-order chi connectivity index (χ1) is 16.1. The van der Waals surface area contributed by atoms with Crippen LogP contribution in [0.15, 0.2) is 22.9 Å². The molecule has 0 aliphatic rings. The van der Waals surface area contributed by atoms with E-state index in [-0.39, 0.29) is 21.1 Å². The molecule has 4 aromatic heterocycles. The van der Waals surface area contributed by atoms with Gasteiger partial charge in [-0.15, -0.1) is 11.3 Å². The van der Waals surface area contributed by atoms with Crippen LogP contribution in [-0.4, -0.2) is 36.4 Å². The van der Waals surface area contributed by atoms with Crippen molar-refractivity contribution in [2.24, 2.45) is 5.73 Å². The number of carbonyl (C=O) groups is 2. The minimum Gasteiger partial charge on any atom is -0.365 e. The first kappa shape index (κ1) is 24.0. The van der Waals surface area contributed by atoms with E-state index in [9.17, 15) is 18.4 Å². The number of amides is 2. The predicted molar refractivity (Wildman–Crippen MR) is 128 cm³/mol. The number of aryl methyl sites for hydroxylation is 3. The molecule has 0 unspecified atom stereocenters. The van der Waals surface area contributed by atoms with Crippen LogP contribution in [0.2, 0.25) is 0 Å². The Morgan fingerprint density at radius 2 is 1.85 bits per heavy atom.